The minimum absolute atomic E-state index is 0.0941. The van der Waals surface area contributed by atoms with Gasteiger partial charge in [0.15, 0.2) is 0 Å². The molecular formula is C21H21BrN4O5. The Kier molecular flexibility index (Phi) is 8.40. The van der Waals surface area contributed by atoms with Gasteiger partial charge in [-0.3, -0.25) is 15.5 Å². The van der Waals surface area contributed by atoms with E-state index >= 15 is 0 Å². The Morgan fingerprint density at radius 3 is 2.42 bits per heavy atom. The maximum atomic E-state index is 11.9. The van der Waals surface area contributed by atoms with Crippen molar-refractivity contribution in [2.24, 2.45) is 5.10 Å². The molecule has 0 saturated heterocycles. The van der Waals surface area contributed by atoms with Crippen LogP contribution >= 0.6 is 15.9 Å². The molecule has 0 spiro atoms. The Bertz CT molecular complexity index is 1040. The van der Waals surface area contributed by atoms with Crippen molar-refractivity contribution in [3.05, 3.63) is 45.9 Å². The first-order valence-corrected chi connectivity index (χ1v) is 9.92. The Balaban J connectivity index is 2.16. The molecule has 0 heterocycles. The van der Waals surface area contributed by atoms with E-state index in [9.17, 15) is 9.59 Å². The van der Waals surface area contributed by atoms with Gasteiger partial charge in [0.1, 0.15) is 23.3 Å². The largest absolute Gasteiger partial charge is 0.496 e. The number of carbonyl (C=O) groups excluding carboxylic acids is 2. The van der Waals surface area contributed by atoms with Crippen LogP contribution in [0.1, 0.15) is 18.1 Å². The molecule has 162 valence electrons. The molecule has 0 fully saturated rings. The van der Waals surface area contributed by atoms with E-state index in [0.717, 1.165) is 15.6 Å². The standard InChI is InChI=1S/C21H21BrN4O5/c1-5-30-21(28)24-20(27)17(11-23)26-25-14-8-12(2)19(13(3)9-14)31-15-6-7-18(29-4)16(22)10-15/h6-10,25H,5H2,1-4H3,(H,24,27,28). The Morgan fingerprint density at radius 1 is 1.19 bits per heavy atom. The summed E-state index contributed by atoms with van der Waals surface area (Å²) in [4.78, 5) is 23.2. The topological polar surface area (TPSA) is 122 Å². The number of nitrogens with zero attached hydrogens (tertiary/aromatic N) is 2. The number of methoxy groups -OCH3 is 1. The van der Waals surface area contributed by atoms with Crippen LogP contribution in [-0.4, -0.2) is 31.4 Å². The number of hydrazone groups is 1. The summed E-state index contributed by atoms with van der Waals surface area (Å²) in [5, 5.41) is 14.8. The third-order valence-electron chi connectivity index (χ3n) is 3.91. The van der Waals surface area contributed by atoms with Crippen molar-refractivity contribution in [3.63, 3.8) is 0 Å². The maximum absolute atomic E-state index is 11.9. The van der Waals surface area contributed by atoms with Crippen molar-refractivity contribution >= 4 is 39.3 Å². The highest BCUT2D eigenvalue weighted by atomic mass is 79.9. The molecule has 0 atom stereocenters. The summed E-state index contributed by atoms with van der Waals surface area (Å²) in [6, 6.07) is 10.5. The number of benzene rings is 2. The van der Waals surface area contributed by atoms with Gasteiger partial charge in [0, 0.05) is 0 Å². The molecule has 0 aliphatic rings. The summed E-state index contributed by atoms with van der Waals surface area (Å²) in [5.74, 6) is 1.01. The van der Waals surface area contributed by atoms with Gasteiger partial charge in [-0.25, -0.2) is 4.79 Å². The number of nitriles is 1. The molecule has 0 unspecified atom stereocenters. The molecule has 0 aliphatic heterocycles. The van der Waals surface area contributed by atoms with E-state index in [-0.39, 0.29) is 6.61 Å². The van der Waals surface area contributed by atoms with Gasteiger partial charge < -0.3 is 14.2 Å². The number of halogens is 1. The van der Waals surface area contributed by atoms with E-state index in [0.29, 0.717) is 22.9 Å². The zero-order valence-electron chi connectivity index (χ0n) is 17.4. The summed E-state index contributed by atoms with van der Waals surface area (Å²) in [7, 11) is 1.58. The third-order valence-corrected chi connectivity index (χ3v) is 4.53. The number of ether oxygens (including phenoxy) is 3. The first kappa shape index (κ1) is 23.7. The zero-order chi connectivity index (χ0) is 23.0. The van der Waals surface area contributed by atoms with Crippen LogP contribution < -0.4 is 20.2 Å². The van der Waals surface area contributed by atoms with Crippen LogP contribution in [0.4, 0.5) is 10.5 Å². The number of nitrogens with one attached hydrogen (secondary N) is 2. The Labute approximate surface area is 188 Å². The van der Waals surface area contributed by atoms with Gasteiger partial charge in [-0.05, 0) is 78.2 Å². The lowest BCUT2D eigenvalue weighted by Crippen LogP contribution is -2.36. The lowest BCUT2D eigenvalue weighted by Gasteiger charge is -2.14. The quantitative estimate of drug-likeness (QED) is 0.436. The summed E-state index contributed by atoms with van der Waals surface area (Å²) in [5.41, 5.74) is 4.28. The first-order chi connectivity index (χ1) is 14.8. The molecule has 10 heteroatoms. The van der Waals surface area contributed by atoms with Crippen molar-refractivity contribution in [3.8, 4) is 23.3 Å². The monoisotopic (exact) mass is 488 g/mol. The molecule has 9 nitrogen and oxygen atoms in total. The van der Waals surface area contributed by atoms with Gasteiger partial charge >= 0.3 is 6.09 Å². The number of imide groups is 1. The second-order valence-electron chi connectivity index (χ2n) is 6.20. The van der Waals surface area contributed by atoms with Crippen LogP contribution in [0.3, 0.4) is 0 Å². The lowest BCUT2D eigenvalue weighted by atomic mass is 10.1. The van der Waals surface area contributed by atoms with Crippen LogP contribution in [0.5, 0.6) is 17.2 Å². The molecule has 2 aromatic carbocycles. The molecule has 0 saturated carbocycles. The minimum atomic E-state index is -0.966. The highest BCUT2D eigenvalue weighted by molar-refractivity contribution is 9.10. The highest BCUT2D eigenvalue weighted by Crippen LogP contribution is 2.35. The van der Waals surface area contributed by atoms with Crippen molar-refractivity contribution in [1.82, 2.24) is 5.32 Å². The molecule has 0 aliphatic carbocycles. The fraction of sp³-hybridized carbons (Fsp3) is 0.238. The van der Waals surface area contributed by atoms with Gasteiger partial charge in [-0.1, -0.05) is 0 Å². The van der Waals surface area contributed by atoms with Crippen LogP contribution in [-0.2, 0) is 9.53 Å². The number of hydrogen-bond acceptors (Lipinski definition) is 8. The smallest absolute Gasteiger partial charge is 0.414 e. The number of carbonyl (C=O) groups is 2. The molecule has 0 aromatic heterocycles. The molecule has 2 aromatic rings. The molecule has 31 heavy (non-hydrogen) atoms. The van der Waals surface area contributed by atoms with Gasteiger partial charge in [0.2, 0.25) is 5.71 Å². The summed E-state index contributed by atoms with van der Waals surface area (Å²) >= 11 is 3.43. The zero-order valence-corrected chi connectivity index (χ0v) is 19.0. The van der Waals surface area contributed by atoms with Gasteiger partial charge in [-0.15, -0.1) is 0 Å². The second-order valence-corrected chi connectivity index (χ2v) is 7.05. The van der Waals surface area contributed by atoms with Gasteiger partial charge in [-0.2, -0.15) is 10.4 Å². The van der Waals surface area contributed by atoms with Crippen molar-refractivity contribution in [2.75, 3.05) is 19.1 Å². The number of rotatable bonds is 7. The molecular weight excluding hydrogens is 468 g/mol. The van der Waals surface area contributed by atoms with Crippen molar-refractivity contribution < 1.29 is 23.8 Å². The van der Waals surface area contributed by atoms with Crippen LogP contribution in [0.25, 0.3) is 0 Å². The van der Waals surface area contributed by atoms with Gasteiger partial charge in [0.05, 0.1) is 23.9 Å². The minimum Gasteiger partial charge on any atom is -0.496 e. The molecule has 2 rings (SSSR count). The van der Waals surface area contributed by atoms with E-state index in [4.69, 9.17) is 14.7 Å². The number of anilines is 1. The average molecular weight is 489 g/mol. The Morgan fingerprint density at radius 2 is 1.87 bits per heavy atom. The van der Waals surface area contributed by atoms with Crippen LogP contribution in [0.2, 0.25) is 0 Å². The fourth-order valence-electron chi connectivity index (χ4n) is 2.57. The normalized spacial score (nSPS) is 10.6. The number of alkyl carbamates (subject to hydrolysis) is 1. The number of amides is 2. The molecule has 0 radical (unpaired) electrons. The van der Waals surface area contributed by atoms with Gasteiger partial charge in [0.25, 0.3) is 5.91 Å². The van der Waals surface area contributed by atoms with E-state index < -0.39 is 17.7 Å². The van der Waals surface area contributed by atoms with E-state index in [1.807, 2.05) is 19.2 Å². The molecule has 0 bridgehead atoms. The maximum Gasteiger partial charge on any atom is 0.414 e. The van der Waals surface area contributed by atoms with Crippen LogP contribution in [0, 0.1) is 25.2 Å². The summed E-state index contributed by atoms with van der Waals surface area (Å²) in [6.45, 7) is 5.40. The van der Waals surface area contributed by atoms with E-state index in [1.165, 1.54) is 0 Å². The Hall–Kier alpha value is -3.58. The average Bonchev–Trinajstić information content (AvgIpc) is 2.71. The third kappa shape index (κ3) is 6.45. The van der Waals surface area contributed by atoms with E-state index in [2.05, 4.69) is 31.2 Å². The summed E-state index contributed by atoms with van der Waals surface area (Å²) in [6.07, 6.45) is -0.950. The first-order valence-electron chi connectivity index (χ1n) is 9.13. The lowest BCUT2D eigenvalue weighted by molar-refractivity contribution is -0.114. The predicted octanol–water partition coefficient (Wildman–Crippen LogP) is 4.43. The SMILES string of the molecule is CCOC(=O)NC(=O)C(C#N)=NNc1cc(C)c(Oc2ccc(OC)c(Br)c2)c(C)c1. The second kappa shape index (κ2) is 11.0. The molecule has 2 amide bonds. The fourth-order valence-corrected chi connectivity index (χ4v) is 3.09. The van der Waals surface area contributed by atoms with Crippen LogP contribution in [0.15, 0.2) is 39.9 Å². The van der Waals surface area contributed by atoms with E-state index in [1.54, 1.807) is 50.4 Å². The predicted molar refractivity (Wildman–Crippen MR) is 119 cm³/mol. The van der Waals surface area contributed by atoms with Crippen molar-refractivity contribution in [1.29, 1.82) is 5.26 Å². The van der Waals surface area contributed by atoms with Crippen molar-refractivity contribution in [2.45, 2.75) is 20.8 Å². The molecule has 2 N–H and O–H groups in total. The number of hydrogen-bond donors (Lipinski definition) is 2. The summed E-state index contributed by atoms with van der Waals surface area (Å²) < 4.78 is 16.6. The number of aryl methyl sites for hydroxylation is 2. The highest BCUT2D eigenvalue weighted by Gasteiger charge is 2.16.